The SMILES string of the molecule is C[C@H]1NCCO[C@@H]1O. The number of ether oxygens (including phenoxy) is 1. The van der Waals surface area contributed by atoms with Crippen LogP contribution in [0.25, 0.3) is 0 Å². The van der Waals surface area contributed by atoms with Crippen LogP contribution in [0, 0.1) is 0 Å². The average Bonchev–Trinajstić information content (AvgIpc) is 1.77. The lowest BCUT2D eigenvalue weighted by atomic mass is 10.3. The molecule has 1 saturated heterocycles. The van der Waals surface area contributed by atoms with Crippen molar-refractivity contribution in [3.63, 3.8) is 0 Å². The number of aliphatic hydroxyl groups excluding tert-OH is 1. The van der Waals surface area contributed by atoms with Crippen molar-refractivity contribution in [2.24, 2.45) is 0 Å². The van der Waals surface area contributed by atoms with E-state index in [0.717, 1.165) is 6.54 Å². The van der Waals surface area contributed by atoms with Crippen LogP contribution in [-0.2, 0) is 4.74 Å². The van der Waals surface area contributed by atoms with Crippen LogP contribution in [0.2, 0.25) is 0 Å². The Labute approximate surface area is 48.7 Å². The third kappa shape index (κ3) is 1.18. The zero-order valence-electron chi connectivity index (χ0n) is 4.92. The molecule has 0 amide bonds. The molecule has 1 aliphatic rings. The molecule has 3 nitrogen and oxygen atoms in total. The molecule has 8 heavy (non-hydrogen) atoms. The Balaban J connectivity index is 2.28. The Bertz CT molecular complexity index is 66.8. The van der Waals surface area contributed by atoms with Gasteiger partial charge in [-0.05, 0) is 6.92 Å². The Morgan fingerprint density at radius 3 is 2.88 bits per heavy atom. The molecule has 0 bridgehead atoms. The van der Waals surface area contributed by atoms with Gasteiger partial charge in [-0.1, -0.05) is 0 Å². The number of hydrogen-bond donors (Lipinski definition) is 2. The highest BCUT2D eigenvalue weighted by Crippen LogP contribution is 1.98. The summed E-state index contributed by atoms with van der Waals surface area (Å²) in [7, 11) is 0. The minimum Gasteiger partial charge on any atom is -0.367 e. The molecule has 2 N–H and O–H groups in total. The van der Waals surface area contributed by atoms with Crippen LogP contribution in [0.5, 0.6) is 0 Å². The second-order valence-electron chi connectivity index (χ2n) is 2.00. The molecule has 0 aliphatic carbocycles. The van der Waals surface area contributed by atoms with Gasteiger partial charge in [0.2, 0.25) is 0 Å². The highest BCUT2D eigenvalue weighted by atomic mass is 16.6. The zero-order valence-corrected chi connectivity index (χ0v) is 4.92. The first kappa shape index (κ1) is 6.01. The fourth-order valence-corrected chi connectivity index (χ4v) is 0.711. The first-order chi connectivity index (χ1) is 3.80. The van der Waals surface area contributed by atoms with Crippen LogP contribution in [0.15, 0.2) is 0 Å². The van der Waals surface area contributed by atoms with E-state index in [2.05, 4.69) is 5.32 Å². The number of rotatable bonds is 0. The number of hydrogen-bond acceptors (Lipinski definition) is 3. The standard InChI is InChI=1S/C5H11NO2/c1-4-5(7)8-3-2-6-4/h4-7H,2-3H2,1H3/t4-,5+/m1/s1. The van der Waals surface area contributed by atoms with Gasteiger partial charge < -0.3 is 15.2 Å². The van der Waals surface area contributed by atoms with Gasteiger partial charge in [-0.25, -0.2) is 0 Å². The lowest BCUT2D eigenvalue weighted by Gasteiger charge is -2.25. The summed E-state index contributed by atoms with van der Waals surface area (Å²) in [6, 6.07) is 0.0868. The lowest BCUT2D eigenvalue weighted by Crippen LogP contribution is -2.46. The van der Waals surface area contributed by atoms with Gasteiger partial charge in [-0.2, -0.15) is 0 Å². The van der Waals surface area contributed by atoms with Crippen molar-refractivity contribution >= 4 is 0 Å². The van der Waals surface area contributed by atoms with Gasteiger partial charge in [-0.15, -0.1) is 0 Å². The second kappa shape index (κ2) is 2.44. The molecule has 0 aromatic rings. The number of aliphatic hydroxyl groups is 1. The second-order valence-corrected chi connectivity index (χ2v) is 2.00. The number of morpholine rings is 1. The van der Waals surface area contributed by atoms with Crippen LogP contribution >= 0.6 is 0 Å². The van der Waals surface area contributed by atoms with Crippen LogP contribution in [0.4, 0.5) is 0 Å². The monoisotopic (exact) mass is 117 g/mol. The van der Waals surface area contributed by atoms with E-state index >= 15 is 0 Å². The Kier molecular flexibility index (Phi) is 1.83. The predicted molar refractivity (Wildman–Crippen MR) is 29.4 cm³/mol. The van der Waals surface area contributed by atoms with Gasteiger partial charge in [-0.3, -0.25) is 0 Å². The topological polar surface area (TPSA) is 41.5 Å². The lowest BCUT2D eigenvalue weighted by molar-refractivity contribution is -0.135. The molecule has 0 saturated carbocycles. The summed E-state index contributed by atoms with van der Waals surface area (Å²) in [6.07, 6.45) is -0.608. The molecule has 3 heteroatoms. The van der Waals surface area contributed by atoms with E-state index in [1.165, 1.54) is 0 Å². The quantitative estimate of drug-likeness (QED) is 0.441. The smallest absolute Gasteiger partial charge is 0.169 e. The molecule has 1 fully saturated rings. The summed E-state index contributed by atoms with van der Waals surface area (Å²) in [5, 5.41) is 11.9. The maximum Gasteiger partial charge on any atom is 0.169 e. The molecule has 0 spiro atoms. The van der Waals surface area contributed by atoms with Crippen molar-refractivity contribution < 1.29 is 9.84 Å². The van der Waals surface area contributed by atoms with Gasteiger partial charge in [0.15, 0.2) is 6.29 Å². The van der Waals surface area contributed by atoms with Crippen molar-refractivity contribution in [1.82, 2.24) is 5.32 Å². The fourth-order valence-electron chi connectivity index (χ4n) is 0.711. The van der Waals surface area contributed by atoms with Gasteiger partial charge in [0.1, 0.15) is 0 Å². The first-order valence-corrected chi connectivity index (χ1v) is 2.84. The zero-order chi connectivity index (χ0) is 5.98. The maximum absolute atomic E-state index is 8.89. The van der Waals surface area contributed by atoms with Crippen molar-refractivity contribution in [2.45, 2.75) is 19.3 Å². The molecule has 48 valence electrons. The molecule has 1 rings (SSSR count). The third-order valence-corrected chi connectivity index (χ3v) is 1.28. The van der Waals surface area contributed by atoms with E-state index in [0.29, 0.717) is 6.61 Å². The first-order valence-electron chi connectivity index (χ1n) is 2.84. The minimum atomic E-state index is -0.608. The van der Waals surface area contributed by atoms with Gasteiger partial charge in [0, 0.05) is 6.54 Å². The molecule has 1 heterocycles. The van der Waals surface area contributed by atoms with E-state index in [-0.39, 0.29) is 6.04 Å². The van der Waals surface area contributed by atoms with Gasteiger partial charge >= 0.3 is 0 Å². The summed E-state index contributed by atoms with van der Waals surface area (Å²) in [4.78, 5) is 0. The van der Waals surface area contributed by atoms with Crippen molar-refractivity contribution in [3.8, 4) is 0 Å². The molecule has 2 atom stereocenters. The molecular weight excluding hydrogens is 106 g/mol. The molecule has 0 radical (unpaired) electrons. The molecule has 1 aliphatic heterocycles. The van der Waals surface area contributed by atoms with E-state index < -0.39 is 6.29 Å². The van der Waals surface area contributed by atoms with Crippen LogP contribution in [-0.4, -0.2) is 30.6 Å². The van der Waals surface area contributed by atoms with Crippen molar-refractivity contribution in [1.29, 1.82) is 0 Å². The van der Waals surface area contributed by atoms with Gasteiger partial charge in [0.25, 0.3) is 0 Å². The van der Waals surface area contributed by atoms with Crippen molar-refractivity contribution in [3.05, 3.63) is 0 Å². The van der Waals surface area contributed by atoms with E-state index in [4.69, 9.17) is 9.84 Å². The Morgan fingerprint density at radius 2 is 2.50 bits per heavy atom. The van der Waals surface area contributed by atoms with Crippen LogP contribution in [0.3, 0.4) is 0 Å². The highest BCUT2D eigenvalue weighted by Gasteiger charge is 2.17. The summed E-state index contributed by atoms with van der Waals surface area (Å²) < 4.78 is 4.88. The molecule has 0 aromatic heterocycles. The Hall–Kier alpha value is -0.120. The average molecular weight is 117 g/mol. The van der Waals surface area contributed by atoms with Crippen molar-refractivity contribution in [2.75, 3.05) is 13.2 Å². The third-order valence-electron chi connectivity index (χ3n) is 1.28. The van der Waals surface area contributed by atoms with Crippen LogP contribution < -0.4 is 5.32 Å². The van der Waals surface area contributed by atoms with Gasteiger partial charge in [0.05, 0.1) is 12.6 Å². The summed E-state index contributed by atoms with van der Waals surface area (Å²) in [5.74, 6) is 0. The molecular formula is C5H11NO2. The van der Waals surface area contributed by atoms with E-state index in [1.54, 1.807) is 0 Å². The minimum absolute atomic E-state index is 0.0868. The van der Waals surface area contributed by atoms with E-state index in [9.17, 15) is 0 Å². The molecule has 0 aromatic carbocycles. The maximum atomic E-state index is 8.89. The van der Waals surface area contributed by atoms with Crippen LogP contribution in [0.1, 0.15) is 6.92 Å². The summed E-state index contributed by atoms with van der Waals surface area (Å²) >= 11 is 0. The summed E-state index contributed by atoms with van der Waals surface area (Å²) in [5.41, 5.74) is 0. The van der Waals surface area contributed by atoms with E-state index in [1.807, 2.05) is 6.92 Å². The Morgan fingerprint density at radius 1 is 1.75 bits per heavy atom. The summed E-state index contributed by atoms with van der Waals surface area (Å²) in [6.45, 7) is 3.35. The largest absolute Gasteiger partial charge is 0.367 e. The fraction of sp³-hybridized carbons (Fsp3) is 1.00. The predicted octanol–water partition coefficient (Wildman–Crippen LogP) is -0.687. The number of nitrogens with one attached hydrogen (secondary N) is 1. The highest BCUT2D eigenvalue weighted by molar-refractivity contribution is 4.67. The molecule has 0 unspecified atom stereocenters. The normalized spacial score (nSPS) is 39.8.